The van der Waals surface area contributed by atoms with Crippen molar-refractivity contribution in [2.45, 2.75) is 13.1 Å². The van der Waals surface area contributed by atoms with E-state index in [2.05, 4.69) is 80.8 Å². The van der Waals surface area contributed by atoms with Gasteiger partial charge in [0, 0.05) is 25.5 Å². The minimum absolute atomic E-state index is 0.863. The zero-order valence-corrected chi connectivity index (χ0v) is 15.0. The third-order valence-electron chi connectivity index (χ3n) is 5.38. The first kappa shape index (κ1) is 14.8. The molecule has 6 rings (SSSR count). The Hall–Kier alpha value is -3.34. The second-order valence-electron chi connectivity index (χ2n) is 7.41. The molecule has 0 fully saturated rings. The second kappa shape index (κ2) is 5.58. The molecule has 0 aromatic heterocycles. The molecule has 8 bridgehead atoms. The van der Waals surface area contributed by atoms with Crippen molar-refractivity contribution in [2.75, 3.05) is 13.3 Å². The molecular weight excluding hydrogens is 336 g/mol. The van der Waals surface area contributed by atoms with E-state index in [1.54, 1.807) is 0 Å². The summed E-state index contributed by atoms with van der Waals surface area (Å²) in [5.74, 6) is 1.77. The third kappa shape index (κ3) is 2.54. The lowest BCUT2D eigenvalue weighted by atomic mass is 10.2. The molecule has 5 heteroatoms. The van der Waals surface area contributed by atoms with Gasteiger partial charge in [0.25, 0.3) is 0 Å². The number of fused-ring (bicyclic) bond motifs is 6. The van der Waals surface area contributed by atoms with Crippen LogP contribution in [0.3, 0.4) is 0 Å². The number of allylic oxidation sites excluding steroid dienone is 2. The van der Waals surface area contributed by atoms with E-state index in [0.717, 1.165) is 37.9 Å². The number of hydrogen-bond donors (Lipinski definition) is 0. The first-order valence-corrected chi connectivity index (χ1v) is 9.31. The SMILES string of the molecule is C1=CC2=CN3Cc4cccc(c4)Oc4cccc(c4)CN4C=C1N(C4)N2C3. The van der Waals surface area contributed by atoms with E-state index in [4.69, 9.17) is 4.74 Å². The summed E-state index contributed by atoms with van der Waals surface area (Å²) in [5.41, 5.74) is 4.99. The zero-order valence-electron chi connectivity index (χ0n) is 15.0. The van der Waals surface area contributed by atoms with Gasteiger partial charge in [-0.3, -0.25) is 10.0 Å². The van der Waals surface area contributed by atoms with E-state index >= 15 is 0 Å². The molecule has 134 valence electrons. The van der Waals surface area contributed by atoms with Gasteiger partial charge in [-0.2, -0.15) is 0 Å². The Kier molecular flexibility index (Phi) is 3.06. The Morgan fingerprint density at radius 2 is 1.19 bits per heavy atom. The summed E-state index contributed by atoms with van der Waals surface area (Å²) in [5, 5.41) is 4.73. The van der Waals surface area contributed by atoms with Crippen LogP contribution in [0.1, 0.15) is 11.1 Å². The van der Waals surface area contributed by atoms with Crippen LogP contribution in [0.2, 0.25) is 0 Å². The molecule has 0 aliphatic carbocycles. The lowest BCUT2D eigenvalue weighted by molar-refractivity contribution is 0.0144. The van der Waals surface area contributed by atoms with Gasteiger partial charge >= 0.3 is 0 Å². The van der Waals surface area contributed by atoms with E-state index in [0.29, 0.717) is 0 Å². The van der Waals surface area contributed by atoms with Gasteiger partial charge in [-0.1, -0.05) is 24.3 Å². The number of rotatable bonds is 0. The predicted molar refractivity (Wildman–Crippen MR) is 103 cm³/mol. The number of hydrazine groups is 1. The van der Waals surface area contributed by atoms with Crippen molar-refractivity contribution in [1.82, 2.24) is 19.8 Å². The lowest BCUT2D eigenvalue weighted by Crippen LogP contribution is -2.43. The number of nitrogens with zero attached hydrogens (tertiary/aromatic N) is 4. The van der Waals surface area contributed by atoms with Crippen LogP contribution in [-0.4, -0.2) is 33.2 Å². The van der Waals surface area contributed by atoms with E-state index in [9.17, 15) is 0 Å². The van der Waals surface area contributed by atoms with Crippen LogP contribution in [-0.2, 0) is 13.1 Å². The van der Waals surface area contributed by atoms with Gasteiger partial charge in [0.1, 0.15) is 24.8 Å². The van der Waals surface area contributed by atoms with Crippen LogP contribution in [0, 0.1) is 0 Å². The fourth-order valence-corrected chi connectivity index (χ4v) is 4.17. The average Bonchev–Trinajstić information content (AvgIpc) is 3.24. The van der Waals surface area contributed by atoms with E-state index in [1.165, 1.54) is 22.5 Å². The van der Waals surface area contributed by atoms with E-state index < -0.39 is 0 Å². The number of hydrogen-bond acceptors (Lipinski definition) is 5. The van der Waals surface area contributed by atoms with Crippen molar-refractivity contribution >= 4 is 0 Å². The Morgan fingerprint density at radius 1 is 0.667 bits per heavy atom. The van der Waals surface area contributed by atoms with Crippen molar-refractivity contribution in [2.24, 2.45) is 0 Å². The molecule has 0 saturated carbocycles. The zero-order chi connectivity index (χ0) is 17.8. The van der Waals surface area contributed by atoms with Gasteiger partial charge in [-0.15, -0.1) is 0 Å². The highest BCUT2D eigenvalue weighted by Crippen LogP contribution is 2.33. The van der Waals surface area contributed by atoms with Crippen LogP contribution in [0.25, 0.3) is 0 Å². The maximum Gasteiger partial charge on any atom is 0.127 e. The van der Waals surface area contributed by atoms with E-state index in [-0.39, 0.29) is 0 Å². The van der Waals surface area contributed by atoms with Gasteiger partial charge in [0.15, 0.2) is 0 Å². The minimum Gasteiger partial charge on any atom is -0.457 e. The molecule has 4 heterocycles. The Balaban J connectivity index is 1.43. The summed E-state index contributed by atoms with van der Waals surface area (Å²) >= 11 is 0. The summed E-state index contributed by atoms with van der Waals surface area (Å²) in [7, 11) is 0. The first-order valence-electron chi connectivity index (χ1n) is 9.31. The van der Waals surface area contributed by atoms with Gasteiger partial charge in [0.2, 0.25) is 0 Å². The fourth-order valence-electron chi connectivity index (χ4n) is 4.17. The first-order chi connectivity index (χ1) is 13.3. The Labute approximate surface area is 158 Å². The molecular formula is C22H20N4O. The van der Waals surface area contributed by atoms with E-state index in [1.807, 2.05) is 12.1 Å². The Bertz CT molecular complexity index is 929. The summed E-state index contributed by atoms with van der Waals surface area (Å²) in [6, 6.07) is 16.8. The lowest BCUT2D eigenvalue weighted by Gasteiger charge is -2.37. The molecule has 0 atom stereocenters. The molecule has 4 aliphatic heterocycles. The second-order valence-corrected chi connectivity index (χ2v) is 7.41. The molecule has 0 unspecified atom stereocenters. The fraction of sp³-hybridized carbons (Fsp3) is 0.182. The average molecular weight is 356 g/mol. The normalized spacial score (nSPS) is 19.6. The number of benzene rings is 2. The van der Waals surface area contributed by atoms with Crippen molar-refractivity contribution in [1.29, 1.82) is 0 Å². The molecule has 2 aromatic carbocycles. The van der Waals surface area contributed by atoms with Crippen LogP contribution in [0.4, 0.5) is 0 Å². The topological polar surface area (TPSA) is 22.2 Å². The van der Waals surface area contributed by atoms with Gasteiger partial charge < -0.3 is 14.5 Å². The van der Waals surface area contributed by atoms with Crippen molar-refractivity contribution in [3.05, 3.63) is 95.6 Å². The molecule has 0 N–H and O–H groups in total. The van der Waals surface area contributed by atoms with Crippen LogP contribution in [0.5, 0.6) is 11.5 Å². The molecule has 4 aliphatic rings. The summed E-state index contributed by atoms with van der Waals surface area (Å²) in [6.45, 7) is 3.46. The number of ether oxygens (including phenoxy) is 1. The maximum atomic E-state index is 6.15. The molecule has 27 heavy (non-hydrogen) atoms. The van der Waals surface area contributed by atoms with Gasteiger partial charge in [-0.25, -0.2) is 0 Å². The molecule has 0 saturated heterocycles. The highest BCUT2D eigenvalue weighted by Gasteiger charge is 2.33. The summed E-state index contributed by atoms with van der Waals surface area (Å²) < 4.78 is 6.15. The van der Waals surface area contributed by atoms with Crippen molar-refractivity contribution in [3.8, 4) is 11.5 Å². The van der Waals surface area contributed by atoms with Crippen LogP contribution < -0.4 is 4.74 Å². The predicted octanol–water partition coefficient (Wildman–Crippen LogP) is 3.81. The molecule has 0 spiro atoms. The molecule has 0 amide bonds. The minimum atomic E-state index is 0.863. The van der Waals surface area contributed by atoms with Crippen LogP contribution >= 0.6 is 0 Å². The highest BCUT2D eigenvalue weighted by atomic mass is 16.5. The monoisotopic (exact) mass is 356 g/mol. The molecule has 2 aromatic rings. The molecule has 0 radical (unpaired) electrons. The van der Waals surface area contributed by atoms with Crippen molar-refractivity contribution in [3.63, 3.8) is 0 Å². The molecule has 5 nitrogen and oxygen atoms in total. The van der Waals surface area contributed by atoms with Gasteiger partial charge in [-0.05, 0) is 47.5 Å². The van der Waals surface area contributed by atoms with Gasteiger partial charge in [0.05, 0.1) is 11.4 Å². The summed E-state index contributed by atoms with van der Waals surface area (Å²) in [4.78, 5) is 4.70. The summed E-state index contributed by atoms with van der Waals surface area (Å²) in [6.07, 6.45) is 8.92. The Morgan fingerprint density at radius 3 is 1.70 bits per heavy atom. The van der Waals surface area contributed by atoms with Crippen molar-refractivity contribution < 1.29 is 4.74 Å². The largest absolute Gasteiger partial charge is 0.457 e. The smallest absolute Gasteiger partial charge is 0.127 e. The van der Waals surface area contributed by atoms with Crippen LogP contribution in [0.15, 0.2) is 84.5 Å². The third-order valence-corrected chi connectivity index (χ3v) is 5.38. The quantitative estimate of drug-likeness (QED) is 0.714. The maximum absolute atomic E-state index is 6.15. The highest BCUT2D eigenvalue weighted by molar-refractivity contribution is 5.38. The standard InChI is InChI=1S/C22H20N4O/c1-3-17-9-21(5-1)27-22-6-2-4-18(10-22)12-24-14-20-8-7-19-13-23(11-17)15-25(19)26(20)16-24/h1-10,13-14H,11-12,15-16H2.